The normalized spacial score (nSPS) is 13.2. The molecule has 0 spiro atoms. The first-order valence-corrected chi connectivity index (χ1v) is 5.10. The van der Waals surface area contributed by atoms with Crippen molar-refractivity contribution >= 4 is 21.8 Å². The molecule has 11 heavy (non-hydrogen) atoms. The first-order valence-electron chi connectivity index (χ1n) is 3.98. The Hall–Kier alpha value is -0.0500. The summed E-state index contributed by atoms with van der Waals surface area (Å²) in [4.78, 5) is 11.1. The molecule has 0 radical (unpaired) electrons. The smallest absolute Gasteiger partial charge is 0.222 e. The summed E-state index contributed by atoms with van der Waals surface area (Å²) in [5.41, 5.74) is 0. The quantitative estimate of drug-likeness (QED) is 0.723. The van der Waals surface area contributed by atoms with E-state index in [0.29, 0.717) is 0 Å². The molecule has 66 valence electrons. The molecule has 0 aliphatic carbocycles. The van der Waals surface area contributed by atoms with Gasteiger partial charge in [0.25, 0.3) is 0 Å². The van der Waals surface area contributed by atoms with Crippen molar-refractivity contribution in [3.05, 3.63) is 0 Å². The lowest BCUT2D eigenvalue weighted by Crippen LogP contribution is -2.37. The van der Waals surface area contributed by atoms with E-state index in [1.165, 1.54) is 0 Å². The van der Waals surface area contributed by atoms with E-state index < -0.39 is 0 Å². The van der Waals surface area contributed by atoms with Crippen molar-refractivity contribution < 1.29 is 4.79 Å². The fourth-order valence-electron chi connectivity index (χ4n) is 0.618. The number of halogens is 1. The van der Waals surface area contributed by atoms with Crippen LogP contribution in [0.4, 0.5) is 0 Å². The van der Waals surface area contributed by atoms with Gasteiger partial charge in [0.1, 0.15) is 0 Å². The number of rotatable bonds is 4. The maximum atomic E-state index is 11.1. The fourth-order valence-corrected chi connectivity index (χ4v) is 1.24. The predicted molar refractivity (Wildman–Crippen MR) is 50.9 cm³/mol. The van der Waals surface area contributed by atoms with Gasteiger partial charge in [-0.05, 0) is 6.42 Å². The lowest BCUT2D eigenvalue weighted by Gasteiger charge is -2.15. The molecule has 3 heteroatoms. The molecule has 2 nitrogen and oxygen atoms in total. The summed E-state index contributed by atoms with van der Waals surface area (Å²) >= 11 is 3.34. The fraction of sp³-hybridized carbons (Fsp3) is 0.875. The molecule has 0 aromatic carbocycles. The summed E-state index contributed by atoms with van der Waals surface area (Å²) in [5, 5.41) is 3.77. The molecule has 0 heterocycles. The third kappa shape index (κ3) is 4.40. The summed E-state index contributed by atoms with van der Waals surface area (Å²) in [6.07, 6.45) is 0.976. The van der Waals surface area contributed by atoms with E-state index in [2.05, 4.69) is 28.2 Å². The molecule has 0 rings (SSSR count). The topological polar surface area (TPSA) is 29.1 Å². The Kier molecular flexibility index (Phi) is 5.56. The largest absolute Gasteiger partial charge is 0.352 e. The molecule has 1 atom stereocenters. The zero-order valence-electron chi connectivity index (χ0n) is 7.36. The van der Waals surface area contributed by atoms with Crippen molar-refractivity contribution in [1.29, 1.82) is 0 Å². The van der Waals surface area contributed by atoms with Crippen molar-refractivity contribution in [2.24, 2.45) is 5.92 Å². The molecular weight excluding hydrogens is 206 g/mol. The first kappa shape index (κ1) is 11.0. The van der Waals surface area contributed by atoms with Crippen LogP contribution in [0.25, 0.3) is 0 Å². The SMILES string of the molecule is CCC(CBr)NC(=O)C(C)C. The minimum absolute atomic E-state index is 0.0862. The Balaban J connectivity index is 3.72. The predicted octanol–water partition coefficient (Wildman–Crippen LogP) is 1.93. The number of hydrogen-bond donors (Lipinski definition) is 1. The monoisotopic (exact) mass is 221 g/mol. The number of carbonyl (C=O) groups excluding carboxylic acids is 1. The summed E-state index contributed by atoms with van der Waals surface area (Å²) in [6, 6.07) is 0.282. The molecule has 0 aliphatic rings. The number of nitrogens with one attached hydrogen (secondary N) is 1. The van der Waals surface area contributed by atoms with E-state index in [-0.39, 0.29) is 17.9 Å². The van der Waals surface area contributed by atoms with Crippen LogP contribution < -0.4 is 5.32 Å². The highest BCUT2D eigenvalue weighted by Crippen LogP contribution is 1.98. The Bertz CT molecular complexity index is 121. The molecular formula is C8H16BrNO. The van der Waals surface area contributed by atoms with Crippen LogP contribution >= 0.6 is 15.9 Å². The van der Waals surface area contributed by atoms with Gasteiger partial charge >= 0.3 is 0 Å². The zero-order chi connectivity index (χ0) is 8.85. The average molecular weight is 222 g/mol. The van der Waals surface area contributed by atoms with E-state index in [9.17, 15) is 4.79 Å². The molecule has 0 fully saturated rings. The Labute approximate surface area is 76.9 Å². The Morgan fingerprint density at radius 1 is 1.55 bits per heavy atom. The van der Waals surface area contributed by atoms with Crippen molar-refractivity contribution in [2.75, 3.05) is 5.33 Å². The van der Waals surface area contributed by atoms with E-state index in [0.717, 1.165) is 11.8 Å². The van der Waals surface area contributed by atoms with Crippen LogP contribution in [0.1, 0.15) is 27.2 Å². The van der Waals surface area contributed by atoms with Crippen molar-refractivity contribution in [1.82, 2.24) is 5.32 Å². The molecule has 0 aromatic rings. The molecule has 1 unspecified atom stereocenters. The lowest BCUT2D eigenvalue weighted by molar-refractivity contribution is -0.124. The number of hydrogen-bond acceptors (Lipinski definition) is 1. The van der Waals surface area contributed by atoms with E-state index >= 15 is 0 Å². The minimum Gasteiger partial charge on any atom is -0.352 e. The van der Waals surface area contributed by atoms with Gasteiger partial charge in [0.15, 0.2) is 0 Å². The van der Waals surface area contributed by atoms with Crippen molar-refractivity contribution in [2.45, 2.75) is 33.2 Å². The van der Waals surface area contributed by atoms with Gasteiger partial charge in [-0.25, -0.2) is 0 Å². The highest BCUT2D eigenvalue weighted by Gasteiger charge is 2.11. The number of amides is 1. The summed E-state index contributed by atoms with van der Waals surface area (Å²) in [6.45, 7) is 5.86. The van der Waals surface area contributed by atoms with Crippen LogP contribution in [-0.2, 0) is 4.79 Å². The molecule has 0 bridgehead atoms. The molecule has 1 amide bonds. The van der Waals surface area contributed by atoms with E-state index in [1.54, 1.807) is 0 Å². The maximum Gasteiger partial charge on any atom is 0.222 e. The van der Waals surface area contributed by atoms with Crippen LogP contribution in [0.3, 0.4) is 0 Å². The molecule has 1 N–H and O–H groups in total. The van der Waals surface area contributed by atoms with Gasteiger partial charge in [-0.15, -0.1) is 0 Å². The molecule has 0 aliphatic heterocycles. The highest BCUT2D eigenvalue weighted by atomic mass is 79.9. The highest BCUT2D eigenvalue weighted by molar-refractivity contribution is 9.09. The van der Waals surface area contributed by atoms with Gasteiger partial charge in [-0.3, -0.25) is 4.79 Å². The second kappa shape index (κ2) is 5.58. The zero-order valence-corrected chi connectivity index (χ0v) is 8.94. The molecule has 0 saturated carbocycles. The van der Waals surface area contributed by atoms with Crippen LogP contribution in [-0.4, -0.2) is 17.3 Å². The van der Waals surface area contributed by atoms with Gasteiger partial charge in [0.05, 0.1) is 0 Å². The second-order valence-corrected chi connectivity index (χ2v) is 3.57. The van der Waals surface area contributed by atoms with Crippen LogP contribution in [0.2, 0.25) is 0 Å². The Morgan fingerprint density at radius 2 is 2.09 bits per heavy atom. The van der Waals surface area contributed by atoms with Gasteiger partial charge in [0, 0.05) is 17.3 Å². The van der Waals surface area contributed by atoms with E-state index in [4.69, 9.17) is 0 Å². The minimum atomic E-state index is 0.0862. The van der Waals surface area contributed by atoms with Gasteiger partial charge in [-0.1, -0.05) is 36.7 Å². The maximum absolute atomic E-state index is 11.1. The van der Waals surface area contributed by atoms with Gasteiger partial charge in [-0.2, -0.15) is 0 Å². The third-order valence-corrected chi connectivity index (χ3v) is 2.33. The summed E-state index contributed by atoms with van der Waals surface area (Å²) in [5.74, 6) is 0.222. The van der Waals surface area contributed by atoms with Crippen LogP contribution in [0.5, 0.6) is 0 Å². The van der Waals surface area contributed by atoms with Crippen molar-refractivity contribution in [3.8, 4) is 0 Å². The van der Waals surface area contributed by atoms with Crippen LogP contribution in [0.15, 0.2) is 0 Å². The standard InChI is InChI=1S/C8H16BrNO/c1-4-7(5-9)10-8(11)6(2)3/h6-7H,4-5H2,1-3H3,(H,10,11). The second-order valence-electron chi connectivity index (χ2n) is 2.92. The van der Waals surface area contributed by atoms with Crippen LogP contribution in [0, 0.1) is 5.92 Å². The van der Waals surface area contributed by atoms with E-state index in [1.807, 2.05) is 13.8 Å². The lowest BCUT2D eigenvalue weighted by atomic mass is 10.2. The summed E-state index contributed by atoms with van der Waals surface area (Å²) in [7, 11) is 0. The molecule has 0 saturated heterocycles. The first-order chi connectivity index (χ1) is 5.11. The number of carbonyl (C=O) groups is 1. The third-order valence-electron chi connectivity index (χ3n) is 1.55. The summed E-state index contributed by atoms with van der Waals surface area (Å²) < 4.78 is 0. The average Bonchev–Trinajstić information content (AvgIpc) is 1.99. The number of alkyl halides is 1. The Morgan fingerprint density at radius 3 is 2.36 bits per heavy atom. The molecule has 0 aromatic heterocycles. The van der Waals surface area contributed by atoms with Crippen molar-refractivity contribution in [3.63, 3.8) is 0 Å². The van der Waals surface area contributed by atoms with Gasteiger partial charge in [0.2, 0.25) is 5.91 Å². The van der Waals surface area contributed by atoms with Gasteiger partial charge < -0.3 is 5.32 Å².